The molecule has 0 aromatic heterocycles. The molecule has 5 aromatic rings. The van der Waals surface area contributed by atoms with Crippen LogP contribution in [0.5, 0.6) is 5.75 Å². The Labute approximate surface area is 299 Å². The monoisotopic (exact) mass is 689 g/mol. The van der Waals surface area contributed by atoms with Gasteiger partial charge in [-0.25, -0.2) is 0 Å². The van der Waals surface area contributed by atoms with Crippen molar-refractivity contribution in [2.45, 2.75) is 24.2 Å². The maximum atomic E-state index is 15.3. The quantitative estimate of drug-likeness (QED) is 0.152. The van der Waals surface area contributed by atoms with Gasteiger partial charge in [-0.05, 0) is 77.2 Å². The summed E-state index contributed by atoms with van der Waals surface area (Å²) >= 11 is 6.16. The van der Waals surface area contributed by atoms with E-state index in [9.17, 15) is 14.7 Å². The van der Waals surface area contributed by atoms with Gasteiger partial charge in [0.1, 0.15) is 5.75 Å². The number of allylic oxidation sites excluding steroid dienone is 4. The highest BCUT2D eigenvalue weighted by Crippen LogP contribution is 2.64. The van der Waals surface area contributed by atoms with Crippen LogP contribution in [0.25, 0.3) is 16.3 Å². The third-order valence-corrected chi connectivity index (χ3v) is 12.0. The molecule has 1 saturated carbocycles. The van der Waals surface area contributed by atoms with Crippen molar-refractivity contribution < 1.29 is 24.3 Å². The first-order valence-corrected chi connectivity index (χ1v) is 17.6. The Morgan fingerprint density at radius 2 is 1.37 bits per heavy atom. The molecule has 2 fully saturated rings. The first kappa shape index (κ1) is 31.4. The number of carbonyl (C=O) groups excluding carboxylic acids is 4. The number of rotatable bonds is 4. The molecule has 6 atom stereocenters. The molecule has 0 bridgehead atoms. The van der Waals surface area contributed by atoms with E-state index in [1.165, 1.54) is 11.0 Å². The number of imide groups is 1. The molecule has 2 amide bonds. The van der Waals surface area contributed by atoms with E-state index in [2.05, 4.69) is 6.08 Å². The van der Waals surface area contributed by atoms with Crippen LogP contribution < -0.4 is 4.90 Å². The first-order chi connectivity index (χ1) is 24.8. The van der Waals surface area contributed by atoms with Gasteiger partial charge < -0.3 is 5.11 Å². The molecule has 4 aliphatic rings. The number of benzene rings is 5. The maximum absolute atomic E-state index is 15.3. The van der Waals surface area contributed by atoms with E-state index in [4.69, 9.17) is 11.6 Å². The van der Waals surface area contributed by atoms with Crippen LogP contribution in [-0.2, 0) is 24.6 Å². The summed E-state index contributed by atoms with van der Waals surface area (Å²) in [5.74, 6) is -4.17. The largest absolute Gasteiger partial charge is 0.507 e. The SMILES string of the molecule is O=C1C(c2ccccc2)=CC(=O)[C@@]2(c3ccccc3)[C@@H](c3ccc(O)c4ccccc34)C3=CC[C@@H]4C(=O)N(c5ccc(Cl)cc5)C(=O)[C@@H]4[C@@H]3C[C@@H]12. The Balaban J connectivity index is 1.31. The van der Waals surface area contributed by atoms with Crippen LogP contribution in [-0.4, -0.2) is 28.5 Å². The number of amides is 2. The predicted octanol–water partition coefficient (Wildman–Crippen LogP) is 8.23. The van der Waals surface area contributed by atoms with Gasteiger partial charge in [0, 0.05) is 27.8 Å². The minimum Gasteiger partial charge on any atom is -0.507 e. The number of ketones is 2. The molecular weight excluding hydrogens is 658 g/mol. The van der Waals surface area contributed by atoms with E-state index >= 15 is 9.59 Å². The summed E-state index contributed by atoms with van der Waals surface area (Å²) in [6.07, 6.45) is 4.12. The highest BCUT2D eigenvalue weighted by Gasteiger charge is 2.66. The van der Waals surface area contributed by atoms with Crippen LogP contribution >= 0.6 is 11.6 Å². The van der Waals surface area contributed by atoms with E-state index in [1.807, 2.05) is 91.0 Å². The predicted molar refractivity (Wildman–Crippen MR) is 196 cm³/mol. The lowest BCUT2D eigenvalue weighted by Crippen LogP contribution is -2.58. The van der Waals surface area contributed by atoms with Gasteiger partial charge in [0.25, 0.3) is 0 Å². The van der Waals surface area contributed by atoms with E-state index in [0.717, 1.165) is 22.1 Å². The second kappa shape index (κ2) is 11.7. The standard InChI is InChI=1S/C44H32ClNO5/c45-27-15-17-28(18-16-27)46-42(50)33-20-19-32-35(39(33)43(46)51)23-36-41(49)34(25-9-3-1-4-10-25)24-38(48)44(36,26-11-5-2-6-12-26)40(32)31-21-22-37(47)30-14-8-7-13-29(30)31/h1-19,21-22,24,33,35-36,39-40,47H,20,23H2/t33-,35+,36-,39-,40-,44-/m0/s1. The molecule has 3 aliphatic carbocycles. The number of hydrogen-bond acceptors (Lipinski definition) is 5. The van der Waals surface area contributed by atoms with Gasteiger partial charge in [-0.3, -0.25) is 24.1 Å². The fourth-order valence-electron chi connectivity index (χ4n) is 9.62. The molecule has 1 aliphatic heterocycles. The summed E-state index contributed by atoms with van der Waals surface area (Å²) in [6, 6.07) is 36.5. The fraction of sp³-hybridized carbons (Fsp3) is 0.182. The number of halogens is 1. The molecule has 0 unspecified atom stereocenters. The van der Waals surface area contributed by atoms with Crippen LogP contribution in [0, 0.1) is 23.7 Å². The van der Waals surface area contributed by atoms with Gasteiger partial charge in [-0.2, -0.15) is 0 Å². The summed E-state index contributed by atoms with van der Waals surface area (Å²) in [5.41, 5.74) is 2.50. The molecule has 7 heteroatoms. The normalized spacial score (nSPS) is 27.1. The molecule has 1 heterocycles. The summed E-state index contributed by atoms with van der Waals surface area (Å²) in [6.45, 7) is 0. The summed E-state index contributed by atoms with van der Waals surface area (Å²) in [5, 5.41) is 12.9. The zero-order valence-electron chi connectivity index (χ0n) is 27.4. The topological polar surface area (TPSA) is 91.8 Å². The van der Waals surface area contributed by atoms with Gasteiger partial charge in [0.15, 0.2) is 11.6 Å². The lowest BCUT2D eigenvalue weighted by Gasteiger charge is -2.55. The number of hydrogen-bond donors (Lipinski definition) is 1. The van der Waals surface area contributed by atoms with Gasteiger partial charge in [0.05, 0.1) is 22.9 Å². The van der Waals surface area contributed by atoms with Crippen LogP contribution in [0.2, 0.25) is 5.02 Å². The molecule has 1 saturated heterocycles. The van der Waals surface area contributed by atoms with E-state index in [0.29, 0.717) is 33.7 Å². The number of phenolic OH excluding ortho intramolecular Hbond substituents is 1. The summed E-state index contributed by atoms with van der Waals surface area (Å²) in [4.78, 5) is 60.4. The second-order valence-corrected chi connectivity index (χ2v) is 14.4. The molecule has 0 radical (unpaired) electrons. The minimum absolute atomic E-state index is 0.109. The van der Waals surface area contributed by atoms with Crippen molar-refractivity contribution in [1.82, 2.24) is 0 Å². The van der Waals surface area contributed by atoms with Crippen molar-refractivity contribution in [2.75, 3.05) is 4.90 Å². The van der Waals surface area contributed by atoms with E-state index in [-0.39, 0.29) is 35.6 Å². The minimum atomic E-state index is -1.35. The van der Waals surface area contributed by atoms with Crippen molar-refractivity contribution in [2.24, 2.45) is 23.7 Å². The van der Waals surface area contributed by atoms with Gasteiger partial charge in [-0.1, -0.05) is 114 Å². The molecule has 5 aromatic carbocycles. The third kappa shape index (κ3) is 4.49. The van der Waals surface area contributed by atoms with Gasteiger partial charge in [0.2, 0.25) is 11.8 Å². The van der Waals surface area contributed by atoms with Crippen LogP contribution in [0.15, 0.2) is 139 Å². The zero-order valence-corrected chi connectivity index (χ0v) is 28.2. The molecule has 1 N–H and O–H groups in total. The smallest absolute Gasteiger partial charge is 0.238 e. The van der Waals surface area contributed by atoms with Crippen LogP contribution in [0.3, 0.4) is 0 Å². The second-order valence-electron chi connectivity index (χ2n) is 14.0. The van der Waals surface area contributed by atoms with Crippen molar-refractivity contribution in [3.05, 3.63) is 161 Å². The Hall–Kier alpha value is -5.59. The lowest BCUT2D eigenvalue weighted by atomic mass is 9.44. The summed E-state index contributed by atoms with van der Waals surface area (Å²) in [7, 11) is 0. The molecule has 51 heavy (non-hydrogen) atoms. The first-order valence-electron chi connectivity index (χ1n) is 17.3. The molecular formula is C44H32ClNO5. The fourth-order valence-corrected chi connectivity index (χ4v) is 9.75. The molecule has 9 rings (SSSR count). The van der Waals surface area contributed by atoms with E-state index in [1.54, 1.807) is 30.3 Å². The summed E-state index contributed by atoms with van der Waals surface area (Å²) < 4.78 is 0. The molecule has 6 nitrogen and oxygen atoms in total. The third-order valence-electron chi connectivity index (χ3n) is 11.7. The number of carbonyl (C=O) groups is 4. The average molecular weight is 690 g/mol. The van der Waals surface area contributed by atoms with Crippen LogP contribution in [0.1, 0.15) is 35.4 Å². The number of Topliss-reactive ketones (excluding diaryl/α,β-unsaturated/α-hetero) is 1. The van der Waals surface area contributed by atoms with Crippen molar-refractivity contribution >= 4 is 57.0 Å². The highest BCUT2D eigenvalue weighted by atomic mass is 35.5. The Bertz CT molecular complexity index is 2350. The Morgan fingerprint density at radius 3 is 2.10 bits per heavy atom. The highest BCUT2D eigenvalue weighted by molar-refractivity contribution is 6.32. The number of nitrogens with zero attached hydrogens (tertiary/aromatic N) is 1. The van der Waals surface area contributed by atoms with Crippen molar-refractivity contribution in [3.8, 4) is 5.75 Å². The van der Waals surface area contributed by atoms with Crippen molar-refractivity contribution in [1.29, 1.82) is 0 Å². The molecule has 0 spiro atoms. The van der Waals surface area contributed by atoms with Gasteiger partial charge >= 0.3 is 0 Å². The van der Waals surface area contributed by atoms with Crippen molar-refractivity contribution in [3.63, 3.8) is 0 Å². The number of aromatic hydroxyl groups is 1. The lowest BCUT2D eigenvalue weighted by molar-refractivity contribution is -0.134. The Morgan fingerprint density at radius 1 is 0.706 bits per heavy atom. The van der Waals surface area contributed by atoms with Gasteiger partial charge in [-0.15, -0.1) is 0 Å². The number of fused-ring (bicyclic) bond motifs is 5. The van der Waals surface area contributed by atoms with E-state index < -0.39 is 35.0 Å². The van der Waals surface area contributed by atoms with Crippen LogP contribution in [0.4, 0.5) is 5.69 Å². The Kier molecular flexibility index (Phi) is 7.23. The zero-order chi connectivity index (χ0) is 35.0. The number of phenols is 1. The average Bonchev–Trinajstić information content (AvgIpc) is 3.42. The molecule has 250 valence electrons. The maximum Gasteiger partial charge on any atom is 0.238 e. The number of anilines is 1.